The Morgan fingerprint density at radius 2 is 1.74 bits per heavy atom. The SMILES string of the molecule is Cc1ccc2c(CC(C)C)c3c(c(C)c2c1)-c1c2c(cc4ccc(CC(C)(C)C#N)cc4c2cc[n+]1C)O3. The summed E-state index contributed by atoms with van der Waals surface area (Å²) in [6.45, 7) is 13.0. The Morgan fingerprint density at radius 1 is 0.947 bits per heavy atom. The number of pyridine rings is 1. The normalized spacial score (nSPS) is 12.7. The minimum atomic E-state index is -0.405. The molecule has 0 N–H and O–H groups in total. The standard InChI is InChI=1S/C35H35N2O/c1-20(2)14-29-25-11-8-21(3)15-27(25)22(4)31-33-32-26(12-13-37(33)7)28-16-23(18-35(5,6)19-36)9-10-24(28)17-30(32)38-34(29)31/h8-13,15-17,20H,14,18H2,1-7H3/q+1. The van der Waals surface area contributed by atoms with Crippen LogP contribution in [-0.4, -0.2) is 0 Å². The molecule has 3 heteroatoms. The van der Waals surface area contributed by atoms with Crippen LogP contribution in [-0.2, 0) is 19.9 Å². The van der Waals surface area contributed by atoms with Crippen molar-refractivity contribution < 1.29 is 9.30 Å². The first-order valence-electron chi connectivity index (χ1n) is 13.6. The third-order valence-electron chi connectivity index (χ3n) is 8.05. The van der Waals surface area contributed by atoms with Gasteiger partial charge in [-0.25, -0.2) is 4.57 Å². The second kappa shape index (κ2) is 8.57. The summed E-state index contributed by atoms with van der Waals surface area (Å²) >= 11 is 0. The van der Waals surface area contributed by atoms with Crippen LogP contribution >= 0.6 is 0 Å². The molecule has 4 aromatic carbocycles. The Balaban J connectivity index is 1.71. The lowest BCUT2D eigenvalue weighted by Crippen LogP contribution is -2.32. The van der Waals surface area contributed by atoms with Crippen LogP contribution in [0, 0.1) is 36.5 Å². The van der Waals surface area contributed by atoms with Crippen molar-refractivity contribution in [3.63, 3.8) is 0 Å². The van der Waals surface area contributed by atoms with Gasteiger partial charge in [-0.3, -0.25) is 0 Å². The van der Waals surface area contributed by atoms with Crippen molar-refractivity contribution in [2.24, 2.45) is 18.4 Å². The van der Waals surface area contributed by atoms with Crippen LogP contribution in [0.5, 0.6) is 11.5 Å². The van der Waals surface area contributed by atoms with Gasteiger partial charge in [0.15, 0.2) is 6.20 Å². The quantitative estimate of drug-likeness (QED) is 0.180. The summed E-state index contributed by atoms with van der Waals surface area (Å²) in [6.07, 6.45) is 3.87. The monoisotopic (exact) mass is 499 g/mol. The predicted octanol–water partition coefficient (Wildman–Crippen LogP) is 8.65. The van der Waals surface area contributed by atoms with Crippen molar-refractivity contribution in [2.75, 3.05) is 0 Å². The number of nitrogens with zero attached hydrogens (tertiary/aromatic N) is 2. The van der Waals surface area contributed by atoms with E-state index in [0.717, 1.165) is 35.1 Å². The highest BCUT2D eigenvalue weighted by Crippen LogP contribution is 2.52. The van der Waals surface area contributed by atoms with E-state index in [1.165, 1.54) is 55.1 Å². The Kier molecular flexibility index (Phi) is 5.51. The zero-order chi connectivity index (χ0) is 26.9. The van der Waals surface area contributed by atoms with E-state index in [1.54, 1.807) is 0 Å². The molecule has 0 bridgehead atoms. The number of hydrogen-bond acceptors (Lipinski definition) is 2. The Morgan fingerprint density at radius 3 is 2.47 bits per heavy atom. The van der Waals surface area contributed by atoms with E-state index in [2.05, 4.69) is 100 Å². The third-order valence-corrected chi connectivity index (χ3v) is 8.05. The summed E-state index contributed by atoms with van der Waals surface area (Å²) in [5.41, 5.74) is 7.04. The molecule has 0 amide bonds. The molecular weight excluding hydrogens is 464 g/mol. The second-order valence-corrected chi connectivity index (χ2v) is 12.2. The maximum absolute atomic E-state index is 9.60. The van der Waals surface area contributed by atoms with Gasteiger partial charge < -0.3 is 4.74 Å². The molecule has 2 heterocycles. The number of aromatic nitrogens is 1. The minimum Gasteiger partial charge on any atom is -0.455 e. The number of nitriles is 1. The molecule has 3 nitrogen and oxygen atoms in total. The van der Waals surface area contributed by atoms with Crippen LogP contribution in [0.4, 0.5) is 0 Å². The van der Waals surface area contributed by atoms with E-state index in [9.17, 15) is 5.26 Å². The van der Waals surface area contributed by atoms with Gasteiger partial charge in [0.25, 0.3) is 0 Å². The predicted molar refractivity (Wildman–Crippen MR) is 157 cm³/mol. The van der Waals surface area contributed by atoms with Crippen LogP contribution in [0.25, 0.3) is 43.6 Å². The molecule has 0 saturated heterocycles. The molecule has 0 saturated carbocycles. The van der Waals surface area contributed by atoms with Crippen molar-refractivity contribution in [1.29, 1.82) is 5.26 Å². The second-order valence-electron chi connectivity index (χ2n) is 12.2. The van der Waals surface area contributed by atoms with Crippen LogP contribution in [0.3, 0.4) is 0 Å². The highest BCUT2D eigenvalue weighted by atomic mass is 16.5. The van der Waals surface area contributed by atoms with E-state index in [4.69, 9.17) is 4.74 Å². The molecule has 0 atom stereocenters. The van der Waals surface area contributed by atoms with Crippen molar-refractivity contribution in [2.45, 2.75) is 54.4 Å². The molecule has 0 aliphatic carbocycles. The van der Waals surface area contributed by atoms with Crippen molar-refractivity contribution in [1.82, 2.24) is 0 Å². The molecule has 190 valence electrons. The van der Waals surface area contributed by atoms with Crippen LogP contribution < -0.4 is 9.30 Å². The first-order chi connectivity index (χ1) is 18.1. The van der Waals surface area contributed by atoms with Gasteiger partial charge in [0, 0.05) is 17.0 Å². The van der Waals surface area contributed by atoms with E-state index in [-0.39, 0.29) is 0 Å². The molecule has 1 aliphatic rings. The van der Waals surface area contributed by atoms with E-state index in [1.807, 2.05) is 13.8 Å². The first-order valence-corrected chi connectivity index (χ1v) is 13.6. The average molecular weight is 500 g/mol. The molecule has 1 aliphatic heterocycles. The molecule has 0 fully saturated rings. The summed E-state index contributed by atoms with van der Waals surface area (Å²) in [5, 5.41) is 16.9. The fourth-order valence-electron chi connectivity index (χ4n) is 6.27. The molecule has 6 rings (SSSR count). The van der Waals surface area contributed by atoms with Crippen LogP contribution in [0.2, 0.25) is 0 Å². The van der Waals surface area contributed by atoms with Crippen LogP contribution in [0.15, 0.2) is 54.7 Å². The Labute approximate surface area is 225 Å². The van der Waals surface area contributed by atoms with E-state index < -0.39 is 5.41 Å². The van der Waals surface area contributed by atoms with Gasteiger partial charge in [-0.2, -0.15) is 5.26 Å². The van der Waals surface area contributed by atoms with Gasteiger partial charge in [0.2, 0.25) is 5.69 Å². The number of fused-ring (bicyclic) bond motifs is 5. The van der Waals surface area contributed by atoms with Crippen molar-refractivity contribution in [3.05, 3.63) is 77.0 Å². The first kappa shape index (κ1) is 24.4. The number of aryl methyl sites for hydroxylation is 3. The lowest BCUT2D eigenvalue weighted by Gasteiger charge is -2.26. The maximum atomic E-state index is 9.60. The fourth-order valence-corrected chi connectivity index (χ4v) is 6.27. The number of ether oxygens (including phenoxy) is 1. The topological polar surface area (TPSA) is 36.9 Å². The molecular formula is C35H35N2O+. The minimum absolute atomic E-state index is 0.405. The average Bonchev–Trinajstić information content (AvgIpc) is 2.87. The highest BCUT2D eigenvalue weighted by molar-refractivity contribution is 6.16. The highest BCUT2D eigenvalue weighted by Gasteiger charge is 2.33. The van der Waals surface area contributed by atoms with Gasteiger partial charge in [0.05, 0.1) is 22.4 Å². The maximum Gasteiger partial charge on any atom is 0.228 e. The Hall–Kier alpha value is -3.90. The zero-order valence-corrected chi connectivity index (χ0v) is 23.5. The summed E-state index contributed by atoms with van der Waals surface area (Å²) in [4.78, 5) is 0. The smallest absolute Gasteiger partial charge is 0.228 e. The summed E-state index contributed by atoms with van der Waals surface area (Å²) < 4.78 is 9.20. The van der Waals surface area contributed by atoms with E-state index >= 15 is 0 Å². The molecule has 0 unspecified atom stereocenters. The van der Waals surface area contributed by atoms with Crippen molar-refractivity contribution >= 4 is 32.3 Å². The van der Waals surface area contributed by atoms with Crippen LogP contribution in [0.1, 0.15) is 49.9 Å². The number of benzene rings is 4. The number of hydrogen-bond donors (Lipinski definition) is 0. The molecule has 1 aromatic heterocycles. The third kappa shape index (κ3) is 3.74. The van der Waals surface area contributed by atoms with Gasteiger partial charge >= 0.3 is 0 Å². The fraction of sp³-hybridized carbons (Fsp3) is 0.314. The molecule has 0 spiro atoms. The molecule has 5 aromatic rings. The van der Waals surface area contributed by atoms with Gasteiger partial charge in [-0.05, 0) is 85.2 Å². The summed E-state index contributed by atoms with van der Waals surface area (Å²) in [5.74, 6) is 2.44. The largest absolute Gasteiger partial charge is 0.455 e. The van der Waals surface area contributed by atoms with Crippen molar-refractivity contribution in [3.8, 4) is 28.8 Å². The summed E-state index contributed by atoms with van der Waals surface area (Å²) in [7, 11) is 2.14. The lowest BCUT2D eigenvalue weighted by atomic mass is 9.84. The van der Waals surface area contributed by atoms with Gasteiger partial charge in [-0.15, -0.1) is 0 Å². The molecule has 38 heavy (non-hydrogen) atoms. The lowest BCUT2D eigenvalue weighted by molar-refractivity contribution is -0.659. The Bertz CT molecular complexity index is 1840. The number of rotatable bonds is 4. The zero-order valence-electron chi connectivity index (χ0n) is 23.5. The molecule has 0 radical (unpaired) electrons. The van der Waals surface area contributed by atoms with E-state index in [0.29, 0.717) is 5.92 Å². The van der Waals surface area contributed by atoms with Gasteiger partial charge in [0.1, 0.15) is 18.5 Å². The summed E-state index contributed by atoms with van der Waals surface area (Å²) in [6, 6.07) is 20.3. The van der Waals surface area contributed by atoms with Gasteiger partial charge in [-0.1, -0.05) is 55.8 Å².